The van der Waals surface area contributed by atoms with Crippen molar-refractivity contribution in [1.82, 2.24) is 9.97 Å². The number of benzene rings is 3. The third-order valence-electron chi connectivity index (χ3n) is 4.58. The van der Waals surface area contributed by atoms with Crippen LogP contribution in [0.1, 0.15) is 16.8 Å². The predicted octanol–water partition coefficient (Wildman–Crippen LogP) is 5.20. The van der Waals surface area contributed by atoms with Crippen molar-refractivity contribution >= 4 is 34.6 Å². The summed E-state index contributed by atoms with van der Waals surface area (Å²) >= 11 is 0. The van der Waals surface area contributed by atoms with Crippen LogP contribution in [0.2, 0.25) is 0 Å². The van der Waals surface area contributed by atoms with Crippen molar-refractivity contribution in [3.63, 3.8) is 0 Å². The molecule has 4 aromatic rings. The molecule has 0 aliphatic carbocycles. The van der Waals surface area contributed by atoms with Crippen molar-refractivity contribution in [2.24, 2.45) is 0 Å². The minimum atomic E-state index is -0.466. The summed E-state index contributed by atoms with van der Waals surface area (Å²) in [4.78, 5) is 30.2. The van der Waals surface area contributed by atoms with Crippen LogP contribution in [0.5, 0.6) is 5.88 Å². The summed E-state index contributed by atoms with van der Waals surface area (Å²) in [6, 6.07) is 19.7. The van der Waals surface area contributed by atoms with Crippen LogP contribution in [-0.4, -0.2) is 19.8 Å². The van der Waals surface area contributed by atoms with Crippen molar-refractivity contribution in [3.05, 3.63) is 110 Å². The van der Waals surface area contributed by atoms with E-state index in [4.69, 9.17) is 4.74 Å². The van der Waals surface area contributed by atoms with Gasteiger partial charge in [-0.05, 0) is 29.3 Å². The van der Waals surface area contributed by atoms with Crippen molar-refractivity contribution in [2.75, 3.05) is 0 Å². The normalized spacial score (nSPS) is 11.0. The van der Waals surface area contributed by atoms with Crippen LogP contribution in [0.4, 0.5) is 11.4 Å². The minimum absolute atomic E-state index is 0.0149. The van der Waals surface area contributed by atoms with Gasteiger partial charge in [-0.25, -0.2) is 9.97 Å². The zero-order valence-electron chi connectivity index (χ0n) is 16.6. The number of aromatic nitrogens is 2. The van der Waals surface area contributed by atoms with Gasteiger partial charge in [0, 0.05) is 24.3 Å². The van der Waals surface area contributed by atoms with Gasteiger partial charge in [-0.3, -0.25) is 20.2 Å². The highest BCUT2D eigenvalue weighted by Gasteiger charge is 2.11. The molecule has 0 saturated carbocycles. The number of nitro groups is 2. The molecule has 0 N–H and O–H groups in total. The summed E-state index contributed by atoms with van der Waals surface area (Å²) < 4.78 is 5.86. The van der Waals surface area contributed by atoms with Gasteiger partial charge < -0.3 is 4.74 Å². The smallest absolute Gasteiger partial charge is 0.270 e. The summed E-state index contributed by atoms with van der Waals surface area (Å²) in [5.74, 6) is 0.247. The molecule has 32 heavy (non-hydrogen) atoms. The molecule has 0 aliphatic heterocycles. The van der Waals surface area contributed by atoms with Gasteiger partial charge >= 0.3 is 0 Å². The van der Waals surface area contributed by atoms with Crippen LogP contribution in [0, 0.1) is 20.2 Å². The standard InChI is InChI=1S/C23H16N4O5/c28-26(29)18-7-3-5-16(13-18)11-12-22-23(25-21-10-2-1-9-20(21)24-22)32-15-17-6-4-8-19(14-17)27(30)31/h1-14H,15H2/b12-11+. The van der Waals surface area contributed by atoms with E-state index < -0.39 is 9.85 Å². The number of para-hydroxylation sites is 2. The van der Waals surface area contributed by atoms with Crippen molar-refractivity contribution < 1.29 is 14.6 Å². The fourth-order valence-electron chi connectivity index (χ4n) is 3.04. The van der Waals surface area contributed by atoms with Crippen LogP contribution in [-0.2, 0) is 6.61 Å². The Bertz CT molecular complexity index is 1350. The van der Waals surface area contributed by atoms with E-state index in [-0.39, 0.29) is 23.9 Å². The van der Waals surface area contributed by atoms with E-state index in [2.05, 4.69) is 9.97 Å². The number of non-ortho nitro benzene ring substituents is 2. The average molecular weight is 428 g/mol. The van der Waals surface area contributed by atoms with Gasteiger partial charge in [-0.2, -0.15) is 0 Å². The summed E-state index contributed by atoms with van der Waals surface area (Å²) in [6.45, 7) is 0.0619. The van der Waals surface area contributed by atoms with Gasteiger partial charge in [0.05, 0.1) is 20.9 Å². The highest BCUT2D eigenvalue weighted by molar-refractivity contribution is 5.79. The highest BCUT2D eigenvalue weighted by atomic mass is 16.6. The summed E-state index contributed by atoms with van der Waals surface area (Å²) in [7, 11) is 0. The van der Waals surface area contributed by atoms with Gasteiger partial charge in [0.2, 0.25) is 5.88 Å². The Morgan fingerprint density at radius 3 is 2.16 bits per heavy atom. The lowest BCUT2D eigenvalue weighted by Crippen LogP contribution is -2.02. The lowest BCUT2D eigenvalue weighted by molar-refractivity contribution is -0.385. The maximum Gasteiger partial charge on any atom is 0.270 e. The number of nitrogens with zero attached hydrogens (tertiary/aromatic N) is 4. The van der Waals surface area contributed by atoms with E-state index in [0.717, 1.165) is 0 Å². The molecule has 0 unspecified atom stereocenters. The third-order valence-corrected chi connectivity index (χ3v) is 4.58. The topological polar surface area (TPSA) is 121 Å². The van der Waals surface area contributed by atoms with Gasteiger partial charge in [-0.15, -0.1) is 0 Å². The Hall–Kier alpha value is -4.66. The molecule has 0 bridgehead atoms. The van der Waals surface area contributed by atoms with E-state index in [1.165, 1.54) is 24.3 Å². The number of rotatable bonds is 7. The maximum atomic E-state index is 11.0. The van der Waals surface area contributed by atoms with Crippen LogP contribution >= 0.6 is 0 Å². The van der Waals surface area contributed by atoms with Gasteiger partial charge in [-0.1, -0.05) is 42.5 Å². The molecule has 0 amide bonds. The zero-order valence-corrected chi connectivity index (χ0v) is 16.6. The second-order valence-corrected chi connectivity index (χ2v) is 6.80. The summed E-state index contributed by atoms with van der Waals surface area (Å²) in [5, 5.41) is 22.0. The van der Waals surface area contributed by atoms with Crippen molar-refractivity contribution in [2.45, 2.75) is 6.61 Å². The van der Waals surface area contributed by atoms with Gasteiger partial charge in [0.15, 0.2) is 0 Å². The molecule has 158 valence electrons. The Morgan fingerprint density at radius 1 is 0.781 bits per heavy atom. The number of nitro benzene ring substituents is 2. The number of fused-ring (bicyclic) bond motifs is 1. The first-order valence-electron chi connectivity index (χ1n) is 9.55. The van der Waals surface area contributed by atoms with E-state index in [9.17, 15) is 20.2 Å². The van der Waals surface area contributed by atoms with Gasteiger partial charge in [0.1, 0.15) is 12.3 Å². The maximum absolute atomic E-state index is 11.0. The van der Waals surface area contributed by atoms with E-state index in [0.29, 0.717) is 27.9 Å². The first-order chi connectivity index (χ1) is 15.5. The predicted molar refractivity (Wildman–Crippen MR) is 119 cm³/mol. The first-order valence-corrected chi connectivity index (χ1v) is 9.55. The molecule has 0 atom stereocenters. The number of ether oxygens (including phenoxy) is 1. The second kappa shape index (κ2) is 9.00. The molecule has 0 radical (unpaired) electrons. The summed E-state index contributed by atoms with van der Waals surface area (Å²) in [5.41, 5.74) is 2.92. The quantitative estimate of drug-likeness (QED) is 0.293. The lowest BCUT2D eigenvalue weighted by Gasteiger charge is -2.09. The number of hydrogen-bond donors (Lipinski definition) is 0. The molecule has 9 heteroatoms. The molecule has 1 heterocycles. The molecule has 0 spiro atoms. The van der Waals surface area contributed by atoms with Crippen LogP contribution in [0.3, 0.4) is 0 Å². The fraction of sp³-hybridized carbons (Fsp3) is 0.0435. The van der Waals surface area contributed by atoms with Crippen molar-refractivity contribution in [3.8, 4) is 5.88 Å². The van der Waals surface area contributed by atoms with Crippen molar-refractivity contribution in [1.29, 1.82) is 0 Å². The Kier molecular flexibility index (Phi) is 5.80. The molecular formula is C23H16N4O5. The monoisotopic (exact) mass is 428 g/mol. The Morgan fingerprint density at radius 2 is 1.44 bits per heavy atom. The van der Waals surface area contributed by atoms with Crippen LogP contribution < -0.4 is 4.74 Å². The van der Waals surface area contributed by atoms with E-state index in [1.54, 1.807) is 42.5 Å². The molecule has 4 rings (SSSR count). The minimum Gasteiger partial charge on any atom is -0.471 e. The first kappa shape index (κ1) is 20.6. The van der Waals surface area contributed by atoms with Gasteiger partial charge in [0.25, 0.3) is 11.4 Å². The molecule has 1 aromatic heterocycles. The lowest BCUT2D eigenvalue weighted by atomic mass is 10.1. The molecule has 9 nitrogen and oxygen atoms in total. The Balaban J connectivity index is 1.66. The fourth-order valence-corrected chi connectivity index (χ4v) is 3.04. The molecule has 0 aliphatic rings. The largest absolute Gasteiger partial charge is 0.471 e. The van der Waals surface area contributed by atoms with Crippen LogP contribution in [0.15, 0.2) is 72.8 Å². The molecule has 0 saturated heterocycles. The summed E-state index contributed by atoms with van der Waals surface area (Å²) in [6.07, 6.45) is 3.35. The second-order valence-electron chi connectivity index (χ2n) is 6.80. The average Bonchev–Trinajstić information content (AvgIpc) is 2.81. The van der Waals surface area contributed by atoms with Crippen LogP contribution in [0.25, 0.3) is 23.2 Å². The van der Waals surface area contributed by atoms with E-state index in [1.807, 2.05) is 18.2 Å². The zero-order chi connectivity index (χ0) is 22.5. The SMILES string of the molecule is O=[N+]([O-])c1cccc(/C=C/c2nc3ccccc3nc2OCc2cccc([N+](=O)[O-])c2)c1. The molecular weight excluding hydrogens is 412 g/mol. The highest BCUT2D eigenvalue weighted by Crippen LogP contribution is 2.23. The van der Waals surface area contributed by atoms with E-state index >= 15 is 0 Å². The third kappa shape index (κ3) is 4.73. The Labute approximate surface area is 181 Å². The molecule has 0 fully saturated rings. The molecule has 3 aromatic carbocycles. The number of hydrogen-bond acceptors (Lipinski definition) is 7.